The molecule has 0 saturated carbocycles. The summed E-state index contributed by atoms with van der Waals surface area (Å²) in [5.74, 6) is 0.933. The number of fused-ring (bicyclic) bond motifs is 1. The Morgan fingerprint density at radius 2 is 2.00 bits per heavy atom. The number of benzene rings is 1. The molecule has 4 nitrogen and oxygen atoms in total. The number of nitrogens with one attached hydrogen (secondary N) is 1. The monoisotopic (exact) mass is 270 g/mol. The fourth-order valence-corrected chi connectivity index (χ4v) is 2.81. The molecule has 3 rings (SSSR count). The first-order valence-corrected chi connectivity index (χ1v) is 6.74. The molecule has 2 aromatic rings. The second-order valence-corrected chi connectivity index (χ2v) is 5.36. The maximum Gasteiger partial charge on any atom is 0.155 e. The number of anilines is 2. The van der Waals surface area contributed by atoms with Gasteiger partial charge in [-0.2, -0.15) is 0 Å². The third-order valence-electron chi connectivity index (χ3n) is 2.87. The first-order chi connectivity index (χ1) is 9.24. The van der Waals surface area contributed by atoms with E-state index in [2.05, 4.69) is 16.5 Å². The Bertz CT molecular complexity index is 622. The number of hydrazine groups is 1. The molecule has 1 aromatic carbocycles. The van der Waals surface area contributed by atoms with E-state index >= 15 is 0 Å². The Labute approximate surface area is 116 Å². The van der Waals surface area contributed by atoms with Crippen LogP contribution in [-0.4, -0.2) is 12.0 Å². The van der Waals surface area contributed by atoms with Gasteiger partial charge >= 0.3 is 0 Å². The third kappa shape index (κ3) is 2.37. The molecule has 3 N–H and O–H groups in total. The number of nitrogens with two attached hydrogens (primary N) is 1. The molecule has 0 radical (unpaired) electrons. The van der Waals surface area contributed by atoms with Crippen LogP contribution in [0.2, 0.25) is 0 Å². The lowest BCUT2D eigenvalue weighted by atomic mass is 10.2. The van der Waals surface area contributed by atoms with E-state index in [1.165, 1.54) is 0 Å². The zero-order valence-corrected chi connectivity index (χ0v) is 11.3. The second-order valence-electron chi connectivity index (χ2n) is 4.24. The Hall–Kier alpha value is -2.14. The van der Waals surface area contributed by atoms with Crippen molar-refractivity contribution in [1.82, 2.24) is 10.4 Å². The van der Waals surface area contributed by atoms with Gasteiger partial charge in [0.25, 0.3) is 0 Å². The topological polar surface area (TPSA) is 54.2 Å². The van der Waals surface area contributed by atoms with Crippen molar-refractivity contribution in [3.05, 3.63) is 54.4 Å². The average Bonchev–Trinajstić information content (AvgIpc) is 2.45. The van der Waals surface area contributed by atoms with Gasteiger partial charge in [0.15, 0.2) is 5.82 Å². The molecule has 0 fully saturated rings. The summed E-state index contributed by atoms with van der Waals surface area (Å²) in [7, 11) is 1.95. The minimum absolute atomic E-state index is 0.780. The van der Waals surface area contributed by atoms with Gasteiger partial charge in [-0.3, -0.25) is 5.01 Å². The summed E-state index contributed by atoms with van der Waals surface area (Å²) >= 11 is 1.69. The largest absolute Gasteiger partial charge is 0.399 e. The molecule has 0 bridgehead atoms. The quantitative estimate of drug-likeness (QED) is 0.822. The van der Waals surface area contributed by atoms with Crippen LogP contribution in [0.3, 0.4) is 0 Å². The molecule has 0 aliphatic carbocycles. The number of aromatic nitrogens is 1. The third-order valence-corrected chi connectivity index (χ3v) is 3.93. The first-order valence-electron chi connectivity index (χ1n) is 5.93. The Morgan fingerprint density at radius 1 is 1.21 bits per heavy atom. The van der Waals surface area contributed by atoms with E-state index in [9.17, 15) is 0 Å². The Balaban J connectivity index is 1.92. The molecule has 96 valence electrons. The average molecular weight is 270 g/mol. The molecule has 1 aliphatic heterocycles. The summed E-state index contributed by atoms with van der Waals surface area (Å²) in [6.07, 6.45) is 3.79. The van der Waals surface area contributed by atoms with Gasteiger partial charge < -0.3 is 11.2 Å². The fourth-order valence-electron chi connectivity index (χ4n) is 1.90. The van der Waals surface area contributed by atoms with Crippen LogP contribution in [0.1, 0.15) is 5.56 Å². The zero-order valence-electron chi connectivity index (χ0n) is 10.5. The summed E-state index contributed by atoms with van der Waals surface area (Å²) in [4.78, 5) is 6.69. The van der Waals surface area contributed by atoms with Gasteiger partial charge in [-0.1, -0.05) is 11.8 Å². The van der Waals surface area contributed by atoms with Crippen LogP contribution >= 0.6 is 11.8 Å². The van der Waals surface area contributed by atoms with Crippen LogP contribution < -0.4 is 16.2 Å². The molecule has 5 heteroatoms. The lowest BCUT2D eigenvalue weighted by Gasteiger charge is -2.26. The van der Waals surface area contributed by atoms with E-state index in [1.54, 1.807) is 18.0 Å². The van der Waals surface area contributed by atoms with Crippen molar-refractivity contribution >= 4 is 28.2 Å². The standard InChI is InChI=1S/C14H14N4S/c1-18-14-12(3-2-8-16-14)13(9-17-18)19-11-6-4-10(15)5-7-11/h2-9,17H,15H2,1H3. The fraction of sp³-hybridized carbons (Fsp3) is 0.0714. The molecular formula is C14H14N4S. The van der Waals surface area contributed by atoms with Gasteiger partial charge in [0, 0.05) is 40.5 Å². The molecule has 1 aliphatic rings. The highest BCUT2D eigenvalue weighted by Crippen LogP contribution is 2.38. The summed E-state index contributed by atoms with van der Waals surface area (Å²) in [6, 6.07) is 11.9. The van der Waals surface area contributed by atoms with Gasteiger partial charge in [0.2, 0.25) is 0 Å². The van der Waals surface area contributed by atoms with E-state index in [0.717, 1.165) is 26.9 Å². The van der Waals surface area contributed by atoms with Gasteiger partial charge in [0.05, 0.1) is 0 Å². The molecule has 0 spiro atoms. The zero-order chi connectivity index (χ0) is 13.2. The van der Waals surface area contributed by atoms with Gasteiger partial charge in [0.1, 0.15) is 0 Å². The van der Waals surface area contributed by atoms with Crippen LogP contribution in [0.5, 0.6) is 0 Å². The van der Waals surface area contributed by atoms with Crippen LogP contribution in [0, 0.1) is 0 Å². The molecule has 2 heterocycles. The minimum Gasteiger partial charge on any atom is -0.399 e. The Kier molecular flexibility index (Phi) is 3.05. The summed E-state index contributed by atoms with van der Waals surface area (Å²) in [6.45, 7) is 0. The molecule has 1 aromatic heterocycles. The highest BCUT2D eigenvalue weighted by molar-refractivity contribution is 8.08. The number of rotatable bonds is 2. The number of pyridine rings is 1. The van der Waals surface area contributed by atoms with Crippen molar-refractivity contribution in [2.75, 3.05) is 17.8 Å². The molecule has 0 unspecified atom stereocenters. The predicted octanol–water partition coefficient (Wildman–Crippen LogP) is 2.71. The van der Waals surface area contributed by atoms with Crippen LogP contribution in [0.4, 0.5) is 11.5 Å². The minimum atomic E-state index is 0.780. The van der Waals surface area contributed by atoms with E-state index < -0.39 is 0 Å². The predicted molar refractivity (Wildman–Crippen MR) is 80.5 cm³/mol. The highest BCUT2D eigenvalue weighted by atomic mass is 32.2. The maximum absolute atomic E-state index is 5.70. The van der Waals surface area contributed by atoms with Crippen molar-refractivity contribution in [3.63, 3.8) is 0 Å². The van der Waals surface area contributed by atoms with Gasteiger partial charge in [-0.15, -0.1) is 0 Å². The molecule has 0 atom stereocenters. The summed E-state index contributed by atoms with van der Waals surface area (Å²) < 4.78 is 0. The van der Waals surface area contributed by atoms with E-state index in [4.69, 9.17) is 5.73 Å². The van der Waals surface area contributed by atoms with Crippen molar-refractivity contribution in [3.8, 4) is 0 Å². The van der Waals surface area contributed by atoms with E-state index in [-0.39, 0.29) is 0 Å². The molecule has 0 saturated heterocycles. The van der Waals surface area contributed by atoms with Crippen molar-refractivity contribution < 1.29 is 0 Å². The number of hydrogen-bond acceptors (Lipinski definition) is 5. The first kappa shape index (κ1) is 11.9. The van der Waals surface area contributed by atoms with Crippen molar-refractivity contribution in [1.29, 1.82) is 0 Å². The maximum atomic E-state index is 5.70. The molecule has 19 heavy (non-hydrogen) atoms. The normalized spacial score (nSPS) is 13.5. The molecule has 0 amide bonds. The number of hydrogen-bond donors (Lipinski definition) is 2. The summed E-state index contributed by atoms with van der Waals surface area (Å²) in [5, 5.41) is 1.91. The second kappa shape index (κ2) is 4.85. The van der Waals surface area contributed by atoms with Crippen LogP contribution in [-0.2, 0) is 0 Å². The van der Waals surface area contributed by atoms with Gasteiger partial charge in [-0.05, 0) is 36.4 Å². The van der Waals surface area contributed by atoms with Crippen LogP contribution in [0.25, 0.3) is 4.91 Å². The lowest BCUT2D eigenvalue weighted by molar-refractivity contribution is 0.810. The van der Waals surface area contributed by atoms with Crippen LogP contribution in [0.15, 0.2) is 53.7 Å². The number of thioether (sulfide) groups is 1. The van der Waals surface area contributed by atoms with Gasteiger partial charge in [-0.25, -0.2) is 4.98 Å². The SMILES string of the molecule is CN1NC=C(Sc2ccc(N)cc2)c2cccnc21. The smallest absolute Gasteiger partial charge is 0.155 e. The van der Waals surface area contributed by atoms with E-state index in [1.807, 2.05) is 48.6 Å². The highest BCUT2D eigenvalue weighted by Gasteiger charge is 2.17. The van der Waals surface area contributed by atoms with Crippen molar-refractivity contribution in [2.24, 2.45) is 0 Å². The number of nitrogens with zero attached hydrogens (tertiary/aromatic N) is 2. The van der Waals surface area contributed by atoms with Crippen molar-refractivity contribution in [2.45, 2.75) is 4.90 Å². The Morgan fingerprint density at radius 3 is 2.79 bits per heavy atom. The molecular weight excluding hydrogens is 256 g/mol. The number of nitrogen functional groups attached to an aromatic ring is 1. The van der Waals surface area contributed by atoms with E-state index in [0.29, 0.717) is 0 Å². The lowest BCUT2D eigenvalue weighted by Crippen LogP contribution is -2.33. The summed E-state index contributed by atoms with van der Waals surface area (Å²) in [5.41, 5.74) is 10.8.